The van der Waals surface area contributed by atoms with Gasteiger partial charge in [-0.1, -0.05) is 39.0 Å². The molecule has 4 heteroatoms. The molecule has 21 heavy (non-hydrogen) atoms. The number of unbranched alkanes of at least 4 members (excludes halogenated alkanes) is 1. The third kappa shape index (κ3) is 8.22. The summed E-state index contributed by atoms with van der Waals surface area (Å²) in [4.78, 5) is 11.4. The third-order valence-electron chi connectivity index (χ3n) is 3.86. The van der Waals surface area contributed by atoms with E-state index in [1.54, 1.807) is 13.0 Å². The molecule has 0 aliphatic rings. The molecule has 0 atom stereocenters. The quantitative estimate of drug-likeness (QED) is 0.211. The van der Waals surface area contributed by atoms with Gasteiger partial charge in [-0.25, -0.2) is 4.79 Å². The van der Waals surface area contributed by atoms with Crippen LogP contribution in [0.25, 0.3) is 0 Å². The van der Waals surface area contributed by atoms with Gasteiger partial charge in [0.1, 0.15) is 0 Å². The molecule has 0 aromatic rings. The van der Waals surface area contributed by atoms with Gasteiger partial charge >= 0.3 is 5.97 Å². The average molecular weight is 313 g/mol. The lowest BCUT2D eigenvalue weighted by Crippen LogP contribution is -2.40. The molecule has 0 aliphatic heterocycles. The van der Waals surface area contributed by atoms with Crippen LogP contribution < -0.4 is 0 Å². The van der Waals surface area contributed by atoms with E-state index >= 15 is 0 Å². The molecule has 0 aromatic carbocycles. The van der Waals surface area contributed by atoms with Crippen molar-refractivity contribution in [2.45, 2.75) is 65.6 Å². The Morgan fingerprint density at radius 2 is 1.86 bits per heavy atom. The molecule has 0 heterocycles. The number of carbonyl (C=O) groups excluding carboxylic acids is 1. The highest BCUT2D eigenvalue weighted by Crippen LogP contribution is 2.36. The van der Waals surface area contributed by atoms with E-state index in [0.29, 0.717) is 12.2 Å². The second-order valence-electron chi connectivity index (χ2n) is 6.75. The second kappa shape index (κ2) is 9.21. The average Bonchev–Trinajstić information content (AvgIpc) is 2.36. The van der Waals surface area contributed by atoms with Crippen molar-refractivity contribution in [3.63, 3.8) is 0 Å². The first-order valence-corrected chi connectivity index (χ1v) is 10.7. The molecule has 0 N–H and O–H groups in total. The molecule has 0 saturated carbocycles. The lowest BCUT2D eigenvalue weighted by Gasteiger charge is -2.36. The summed E-state index contributed by atoms with van der Waals surface area (Å²) in [6.07, 6.45) is 7.75. The predicted octanol–water partition coefficient (Wildman–Crippen LogP) is 4.85. The lowest BCUT2D eigenvalue weighted by molar-refractivity contribution is -0.138. The number of rotatable bonds is 8. The summed E-state index contributed by atoms with van der Waals surface area (Å²) in [7, 11) is -1.61. The van der Waals surface area contributed by atoms with Crippen molar-refractivity contribution in [3.05, 3.63) is 23.8 Å². The van der Waals surface area contributed by atoms with E-state index in [0.717, 1.165) is 19.4 Å². The van der Waals surface area contributed by atoms with E-state index in [4.69, 9.17) is 9.16 Å². The van der Waals surface area contributed by atoms with E-state index in [9.17, 15) is 4.79 Å². The van der Waals surface area contributed by atoms with Crippen LogP contribution in [-0.2, 0) is 14.0 Å². The fraction of sp³-hybridized carbons (Fsp3) is 0.706. The van der Waals surface area contributed by atoms with Crippen LogP contribution >= 0.6 is 0 Å². The first kappa shape index (κ1) is 20.1. The Bertz CT molecular complexity index is 376. The summed E-state index contributed by atoms with van der Waals surface area (Å²) in [5.74, 6) is -0.247. The summed E-state index contributed by atoms with van der Waals surface area (Å²) in [5.41, 5.74) is 0.630. The fourth-order valence-electron chi connectivity index (χ4n) is 1.37. The van der Waals surface area contributed by atoms with Crippen molar-refractivity contribution in [1.82, 2.24) is 0 Å². The monoisotopic (exact) mass is 312 g/mol. The number of allylic oxidation sites excluding steroid dienone is 3. The van der Waals surface area contributed by atoms with Gasteiger partial charge in [-0.3, -0.25) is 0 Å². The van der Waals surface area contributed by atoms with Gasteiger partial charge in [0.25, 0.3) is 0 Å². The molecular weight excluding hydrogens is 280 g/mol. The fourth-order valence-corrected chi connectivity index (χ4v) is 2.45. The van der Waals surface area contributed by atoms with E-state index in [1.165, 1.54) is 0 Å². The first-order chi connectivity index (χ1) is 9.62. The second-order valence-corrected chi connectivity index (χ2v) is 11.6. The molecule has 0 rings (SSSR count). The van der Waals surface area contributed by atoms with Crippen molar-refractivity contribution >= 4 is 14.3 Å². The van der Waals surface area contributed by atoms with Crippen LogP contribution in [0.2, 0.25) is 18.1 Å². The Hall–Kier alpha value is -0.873. The molecule has 0 aliphatic carbocycles. The summed E-state index contributed by atoms with van der Waals surface area (Å²) in [5, 5.41) is 0.266. The minimum Gasteiger partial charge on any atom is -0.463 e. The van der Waals surface area contributed by atoms with Crippen molar-refractivity contribution < 1.29 is 14.0 Å². The van der Waals surface area contributed by atoms with Crippen LogP contribution in [-0.4, -0.2) is 27.5 Å². The van der Waals surface area contributed by atoms with Crippen LogP contribution in [0.1, 0.15) is 47.5 Å². The van der Waals surface area contributed by atoms with E-state index in [2.05, 4.69) is 39.9 Å². The van der Waals surface area contributed by atoms with Gasteiger partial charge < -0.3 is 9.16 Å². The zero-order valence-corrected chi connectivity index (χ0v) is 15.8. The molecule has 0 radical (unpaired) electrons. The molecule has 0 spiro atoms. The van der Waals surface area contributed by atoms with Crippen molar-refractivity contribution in [2.24, 2.45) is 0 Å². The molecule has 0 saturated heterocycles. The van der Waals surface area contributed by atoms with Gasteiger partial charge in [-0.2, -0.15) is 0 Å². The van der Waals surface area contributed by atoms with E-state index in [1.807, 2.05) is 13.0 Å². The maximum absolute atomic E-state index is 11.4. The van der Waals surface area contributed by atoms with Crippen LogP contribution in [0.5, 0.6) is 0 Å². The highest BCUT2D eigenvalue weighted by atomic mass is 28.4. The standard InChI is InChI=1S/C17H32O3Si/c1-8-19-16(18)15(2)13-11-9-10-12-14-20-21(6,7)17(3,4)5/h9,11,13H,8,10,12,14H2,1-7H3/b11-9+,15-13+. The van der Waals surface area contributed by atoms with Crippen LogP contribution in [0, 0.1) is 0 Å². The molecular formula is C17H32O3Si. The van der Waals surface area contributed by atoms with Crippen LogP contribution in [0.15, 0.2) is 23.8 Å². The van der Waals surface area contributed by atoms with Crippen molar-refractivity contribution in [3.8, 4) is 0 Å². The maximum Gasteiger partial charge on any atom is 0.333 e. The first-order valence-electron chi connectivity index (χ1n) is 7.76. The Balaban J connectivity index is 3.99. The summed E-state index contributed by atoms with van der Waals surface area (Å²) in [6.45, 7) is 16.1. The van der Waals surface area contributed by atoms with Gasteiger partial charge in [0.05, 0.1) is 6.61 Å². The van der Waals surface area contributed by atoms with Crippen LogP contribution in [0.3, 0.4) is 0 Å². The summed E-state index contributed by atoms with van der Waals surface area (Å²) < 4.78 is 11.0. The molecule has 0 fully saturated rings. The summed E-state index contributed by atoms with van der Waals surface area (Å²) >= 11 is 0. The minimum atomic E-state index is -1.61. The maximum atomic E-state index is 11.4. The molecule has 3 nitrogen and oxygen atoms in total. The highest BCUT2D eigenvalue weighted by molar-refractivity contribution is 6.74. The van der Waals surface area contributed by atoms with Crippen molar-refractivity contribution in [1.29, 1.82) is 0 Å². The Morgan fingerprint density at radius 1 is 1.24 bits per heavy atom. The lowest BCUT2D eigenvalue weighted by atomic mass is 10.2. The zero-order chi connectivity index (χ0) is 16.5. The molecule has 0 amide bonds. The van der Waals surface area contributed by atoms with Gasteiger partial charge in [-0.05, 0) is 44.8 Å². The number of hydrogen-bond acceptors (Lipinski definition) is 3. The largest absolute Gasteiger partial charge is 0.463 e. The highest BCUT2D eigenvalue weighted by Gasteiger charge is 2.36. The Labute approximate surface area is 131 Å². The smallest absolute Gasteiger partial charge is 0.333 e. The van der Waals surface area contributed by atoms with Gasteiger partial charge in [0, 0.05) is 12.2 Å². The van der Waals surface area contributed by atoms with E-state index in [-0.39, 0.29) is 11.0 Å². The number of ether oxygens (including phenoxy) is 1. The van der Waals surface area contributed by atoms with Gasteiger partial charge in [0.15, 0.2) is 8.32 Å². The normalized spacial score (nSPS) is 13.8. The van der Waals surface area contributed by atoms with Gasteiger partial charge in [-0.15, -0.1) is 0 Å². The van der Waals surface area contributed by atoms with Crippen molar-refractivity contribution in [2.75, 3.05) is 13.2 Å². The third-order valence-corrected chi connectivity index (χ3v) is 8.40. The number of carbonyl (C=O) groups is 1. The predicted molar refractivity (Wildman–Crippen MR) is 91.9 cm³/mol. The molecule has 0 bridgehead atoms. The summed E-state index contributed by atoms with van der Waals surface area (Å²) in [6, 6.07) is 0. The molecule has 0 unspecified atom stereocenters. The number of hydrogen-bond donors (Lipinski definition) is 0. The van der Waals surface area contributed by atoms with Crippen LogP contribution in [0.4, 0.5) is 0 Å². The SMILES string of the molecule is CCOC(=O)/C(C)=C/C=C/CCCO[Si](C)(C)C(C)(C)C. The topological polar surface area (TPSA) is 35.5 Å². The zero-order valence-electron chi connectivity index (χ0n) is 14.8. The Morgan fingerprint density at radius 3 is 2.38 bits per heavy atom. The Kier molecular flexibility index (Phi) is 8.82. The molecule has 122 valence electrons. The number of esters is 1. The molecule has 0 aromatic heterocycles. The van der Waals surface area contributed by atoms with E-state index < -0.39 is 8.32 Å². The minimum absolute atomic E-state index is 0.247. The van der Waals surface area contributed by atoms with Gasteiger partial charge in [0.2, 0.25) is 0 Å².